The zero-order valence-electron chi connectivity index (χ0n) is 8.22. The zero-order chi connectivity index (χ0) is 11.5. The average Bonchev–Trinajstić information content (AvgIpc) is 2.32. The summed E-state index contributed by atoms with van der Waals surface area (Å²) in [6, 6.07) is 6.35. The number of nitrogen functional groups attached to an aromatic ring is 1. The van der Waals surface area contributed by atoms with Crippen LogP contribution in [0, 0.1) is 0 Å². The van der Waals surface area contributed by atoms with Gasteiger partial charge in [-0.3, -0.25) is 4.79 Å². The van der Waals surface area contributed by atoms with Gasteiger partial charge in [0.25, 0.3) is 0 Å². The normalized spacial score (nSPS) is 10.1. The maximum absolute atomic E-state index is 12.0. The Bertz CT molecular complexity index is 528. The van der Waals surface area contributed by atoms with Crippen molar-refractivity contribution in [3.05, 3.63) is 53.1 Å². The number of nitrogens with two attached hydrogens (primary N) is 1. The van der Waals surface area contributed by atoms with Crippen LogP contribution in [0.1, 0.15) is 16.2 Å². The number of ketones is 1. The van der Waals surface area contributed by atoms with Crippen molar-refractivity contribution in [2.75, 3.05) is 5.73 Å². The molecule has 0 bridgehead atoms. The standard InChI is InChI=1S/C11H8ClN3O/c12-7-2-3-9(13)8(6-7)10(16)11-14-4-1-5-15-11/h1-6H,13H2. The van der Waals surface area contributed by atoms with Gasteiger partial charge < -0.3 is 5.73 Å². The molecule has 0 saturated heterocycles. The van der Waals surface area contributed by atoms with E-state index >= 15 is 0 Å². The molecule has 2 N–H and O–H groups in total. The molecular formula is C11H8ClN3O. The summed E-state index contributed by atoms with van der Waals surface area (Å²) in [5.41, 5.74) is 6.37. The van der Waals surface area contributed by atoms with E-state index in [1.54, 1.807) is 18.2 Å². The second kappa shape index (κ2) is 4.28. The number of carbonyl (C=O) groups is 1. The van der Waals surface area contributed by atoms with E-state index in [0.29, 0.717) is 16.3 Å². The Morgan fingerprint density at radius 2 is 1.94 bits per heavy atom. The van der Waals surface area contributed by atoms with Gasteiger partial charge in [0.2, 0.25) is 11.6 Å². The van der Waals surface area contributed by atoms with Crippen molar-refractivity contribution in [3.63, 3.8) is 0 Å². The molecule has 0 aliphatic heterocycles. The van der Waals surface area contributed by atoms with Crippen LogP contribution in [0.2, 0.25) is 5.02 Å². The number of rotatable bonds is 2. The predicted octanol–water partition coefficient (Wildman–Crippen LogP) is 1.94. The summed E-state index contributed by atoms with van der Waals surface area (Å²) in [7, 11) is 0. The Morgan fingerprint density at radius 3 is 2.62 bits per heavy atom. The molecule has 0 saturated carbocycles. The molecule has 0 fully saturated rings. The highest BCUT2D eigenvalue weighted by atomic mass is 35.5. The Labute approximate surface area is 97.1 Å². The van der Waals surface area contributed by atoms with E-state index in [2.05, 4.69) is 9.97 Å². The van der Waals surface area contributed by atoms with Crippen molar-refractivity contribution in [1.82, 2.24) is 9.97 Å². The highest BCUT2D eigenvalue weighted by Crippen LogP contribution is 2.19. The topological polar surface area (TPSA) is 68.9 Å². The van der Waals surface area contributed by atoms with Crippen LogP contribution in [-0.2, 0) is 0 Å². The third kappa shape index (κ3) is 2.01. The monoisotopic (exact) mass is 233 g/mol. The van der Waals surface area contributed by atoms with E-state index in [1.807, 2.05) is 0 Å². The molecule has 80 valence electrons. The first kappa shape index (κ1) is 10.6. The van der Waals surface area contributed by atoms with Gasteiger partial charge in [-0.25, -0.2) is 9.97 Å². The number of benzene rings is 1. The number of hydrogen-bond acceptors (Lipinski definition) is 4. The molecule has 0 aliphatic carbocycles. The number of carbonyl (C=O) groups excluding carboxylic acids is 1. The SMILES string of the molecule is Nc1ccc(Cl)cc1C(=O)c1ncccn1. The molecule has 0 radical (unpaired) electrons. The third-order valence-electron chi connectivity index (χ3n) is 2.03. The van der Waals surface area contributed by atoms with E-state index < -0.39 is 0 Å². The van der Waals surface area contributed by atoms with Crippen LogP contribution >= 0.6 is 11.6 Å². The van der Waals surface area contributed by atoms with Gasteiger partial charge in [-0.15, -0.1) is 0 Å². The molecule has 1 aromatic heterocycles. The van der Waals surface area contributed by atoms with Crippen LogP contribution in [0.4, 0.5) is 5.69 Å². The summed E-state index contributed by atoms with van der Waals surface area (Å²) < 4.78 is 0. The third-order valence-corrected chi connectivity index (χ3v) is 2.26. The molecule has 1 heterocycles. The summed E-state index contributed by atoms with van der Waals surface area (Å²) in [4.78, 5) is 19.7. The van der Waals surface area contributed by atoms with Gasteiger partial charge in [0, 0.05) is 23.1 Å². The second-order valence-corrected chi connectivity index (χ2v) is 3.57. The summed E-state index contributed by atoms with van der Waals surface area (Å²) in [6.45, 7) is 0. The lowest BCUT2D eigenvalue weighted by molar-refractivity contribution is 0.103. The highest BCUT2D eigenvalue weighted by molar-refractivity contribution is 6.31. The van der Waals surface area contributed by atoms with Gasteiger partial charge >= 0.3 is 0 Å². The molecule has 0 aliphatic rings. The minimum atomic E-state index is -0.333. The van der Waals surface area contributed by atoms with Crippen LogP contribution in [0.3, 0.4) is 0 Å². The molecule has 4 nitrogen and oxygen atoms in total. The van der Waals surface area contributed by atoms with Gasteiger partial charge in [-0.1, -0.05) is 11.6 Å². The minimum absolute atomic E-state index is 0.108. The smallest absolute Gasteiger partial charge is 0.232 e. The van der Waals surface area contributed by atoms with E-state index in [1.165, 1.54) is 18.5 Å². The Hall–Kier alpha value is -1.94. The van der Waals surface area contributed by atoms with Crippen LogP contribution in [0.5, 0.6) is 0 Å². The van der Waals surface area contributed by atoms with Crippen molar-refractivity contribution < 1.29 is 4.79 Å². The van der Waals surface area contributed by atoms with Crippen molar-refractivity contribution in [2.45, 2.75) is 0 Å². The molecule has 0 unspecified atom stereocenters. The molecule has 0 atom stereocenters. The predicted molar refractivity (Wildman–Crippen MR) is 61.3 cm³/mol. The van der Waals surface area contributed by atoms with Gasteiger partial charge in [-0.05, 0) is 24.3 Å². The fourth-order valence-electron chi connectivity index (χ4n) is 1.26. The summed E-state index contributed by atoms with van der Waals surface area (Å²) in [5.74, 6) is -0.225. The number of nitrogens with zero attached hydrogens (tertiary/aromatic N) is 2. The first-order valence-electron chi connectivity index (χ1n) is 4.55. The van der Waals surface area contributed by atoms with Crippen molar-refractivity contribution >= 4 is 23.1 Å². The van der Waals surface area contributed by atoms with Crippen LogP contribution in [0.25, 0.3) is 0 Å². The van der Waals surface area contributed by atoms with Crippen LogP contribution in [-0.4, -0.2) is 15.8 Å². The molecule has 0 amide bonds. The molecule has 2 rings (SSSR count). The maximum Gasteiger partial charge on any atom is 0.232 e. The quantitative estimate of drug-likeness (QED) is 0.636. The Morgan fingerprint density at radius 1 is 1.25 bits per heavy atom. The molecular weight excluding hydrogens is 226 g/mol. The van der Waals surface area contributed by atoms with Crippen LogP contribution in [0.15, 0.2) is 36.7 Å². The molecule has 5 heteroatoms. The number of halogens is 1. The number of hydrogen-bond donors (Lipinski definition) is 1. The first-order chi connectivity index (χ1) is 7.68. The molecule has 1 aromatic carbocycles. The fraction of sp³-hybridized carbons (Fsp3) is 0. The van der Waals surface area contributed by atoms with Crippen molar-refractivity contribution in [2.24, 2.45) is 0 Å². The molecule has 16 heavy (non-hydrogen) atoms. The minimum Gasteiger partial charge on any atom is -0.398 e. The van der Waals surface area contributed by atoms with Gasteiger partial charge in [-0.2, -0.15) is 0 Å². The number of anilines is 1. The van der Waals surface area contributed by atoms with Crippen molar-refractivity contribution in [3.8, 4) is 0 Å². The lowest BCUT2D eigenvalue weighted by Crippen LogP contribution is -2.09. The molecule has 2 aromatic rings. The zero-order valence-corrected chi connectivity index (χ0v) is 8.98. The summed E-state index contributed by atoms with van der Waals surface area (Å²) in [6.07, 6.45) is 3.00. The van der Waals surface area contributed by atoms with E-state index in [9.17, 15) is 4.79 Å². The summed E-state index contributed by atoms with van der Waals surface area (Å²) >= 11 is 5.80. The lowest BCUT2D eigenvalue weighted by atomic mass is 10.1. The second-order valence-electron chi connectivity index (χ2n) is 3.13. The van der Waals surface area contributed by atoms with Gasteiger partial charge in [0.15, 0.2) is 0 Å². The van der Waals surface area contributed by atoms with Gasteiger partial charge in [0.05, 0.1) is 5.56 Å². The van der Waals surface area contributed by atoms with E-state index in [4.69, 9.17) is 17.3 Å². The lowest BCUT2D eigenvalue weighted by Gasteiger charge is -2.03. The number of aromatic nitrogens is 2. The Kier molecular flexibility index (Phi) is 2.83. The first-order valence-corrected chi connectivity index (χ1v) is 4.93. The van der Waals surface area contributed by atoms with E-state index in [-0.39, 0.29) is 11.6 Å². The van der Waals surface area contributed by atoms with Crippen LogP contribution < -0.4 is 5.73 Å². The van der Waals surface area contributed by atoms with Gasteiger partial charge in [0.1, 0.15) is 0 Å². The van der Waals surface area contributed by atoms with E-state index in [0.717, 1.165) is 0 Å². The fourth-order valence-corrected chi connectivity index (χ4v) is 1.43. The maximum atomic E-state index is 12.0. The molecule has 0 spiro atoms. The van der Waals surface area contributed by atoms with Crippen molar-refractivity contribution in [1.29, 1.82) is 0 Å². The Balaban J connectivity index is 2.46. The highest BCUT2D eigenvalue weighted by Gasteiger charge is 2.14. The largest absolute Gasteiger partial charge is 0.398 e. The summed E-state index contributed by atoms with van der Waals surface area (Å²) in [5, 5.41) is 0.452. The average molecular weight is 234 g/mol.